The van der Waals surface area contributed by atoms with E-state index in [1.165, 1.54) is 4.90 Å². The third kappa shape index (κ3) is 7.90. The number of fused-ring (bicyclic) bond motifs is 8. The first-order valence-electron chi connectivity index (χ1n) is 17.0. The standard InChI is InChI=1S/C37H48N6O5/c1-6-23(4)32-35(45)39-17-15-24-11-13-26(14-12-24)48-31-16-18-43(33(31)36(46)42-32)37(47)30(41-34(44)29(38-5)19-22(2)3)20-25-21-40-28-10-8-7-9-27(25)28/h7-15,17,21-23,29-33,38,40H,6,16,18-20H2,1-5H3,(H,39,45)(H,41,44)(H,42,46)/b17-15-. The molecule has 3 aliphatic rings. The highest BCUT2D eigenvalue weighted by atomic mass is 16.5. The molecule has 0 saturated carbocycles. The second-order valence-corrected chi connectivity index (χ2v) is 13.3. The minimum Gasteiger partial charge on any atom is -0.488 e. The van der Waals surface area contributed by atoms with Gasteiger partial charge in [-0.25, -0.2) is 0 Å². The molecule has 1 fully saturated rings. The van der Waals surface area contributed by atoms with Crippen LogP contribution in [0.2, 0.25) is 0 Å². The number of nitrogens with one attached hydrogen (secondary N) is 5. The minimum atomic E-state index is -1.03. The predicted octanol–water partition coefficient (Wildman–Crippen LogP) is 3.51. The van der Waals surface area contributed by atoms with E-state index in [1.54, 1.807) is 31.5 Å². The molecule has 256 valence electrons. The maximum absolute atomic E-state index is 14.7. The van der Waals surface area contributed by atoms with Gasteiger partial charge in [-0.1, -0.05) is 64.4 Å². The second kappa shape index (κ2) is 15.5. The van der Waals surface area contributed by atoms with Crippen molar-refractivity contribution in [2.45, 2.75) is 83.6 Å². The zero-order valence-electron chi connectivity index (χ0n) is 28.4. The lowest BCUT2D eigenvalue weighted by molar-refractivity contribution is -0.144. The SMILES string of the molecule is CCC(C)C1NC(=O)C2C(CCN2C(=O)C(Cc2c[nH]c3ccccc23)NC(=O)C(CC(C)C)NC)Oc2ccc(cc2)/C=C\NC1=O. The van der Waals surface area contributed by atoms with Crippen molar-refractivity contribution in [3.05, 3.63) is 72.1 Å². The zero-order valence-corrected chi connectivity index (χ0v) is 28.4. The molecule has 4 amide bonds. The van der Waals surface area contributed by atoms with Crippen molar-refractivity contribution in [2.75, 3.05) is 13.6 Å². The monoisotopic (exact) mass is 656 g/mol. The molecule has 0 aliphatic carbocycles. The molecule has 2 aromatic carbocycles. The van der Waals surface area contributed by atoms with Gasteiger partial charge < -0.3 is 35.9 Å². The highest BCUT2D eigenvalue weighted by Crippen LogP contribution is 2.28. The second-order valence-electron chi connectivity index (χ2n) is 13.3. The van der Waals surface area contributed by atoms with Crippen LogP contribution in [-0.4, -0.2) is 77.4 Å². The highest BCUT2D eigenvalue weighted by Gasteiger charge is 2.46. The Morgan fingerprint density at radius 1 is 1.02 bits per heavy atom. The molecule has 0 spiro atoms. The van der Waals surface area contributed by atoms with E-state index in [1.807, 2.05) is 70.3 Å². The van der Waals surface area contributed by atoms with E-state index in [-0.39, 0.29) is 42.5 Å². The number of likely N-dealkylation sites (N-methyl/N-ethyl adjacent to an activating group) is 1. The lowest BCUT2D eigenvalue weighted by atomic mass is 9.97. The molecular formula is C37H48N6O5. The summed E-state index contributed by atoms with van der Waals surface area (Å²) in [6.07, 6.45) is 6.39. The molecule has 6 atom stereocenters. The maximum Gasteiger partial charge on any atom is 0.247 e. The van der Waals surface area contributed by atoms with Crippen LogP contribution < -0.4 is 26.0 Å². The Labute approximate surface area is 282 Å². The Hall–Kier alpha value is -4.64. The van der Waals surface area contributed by atoms with Gasteiger partial charge in [0.1, 0.15) is 30.0 Å². The molecule has 1 aromatic heterocycles. The summed E-state index contributed by atoms with van der Waals surface area (Å²) < 4.78 is 6.38. The number of ether oxygens (including phenoxy) is 1. The minimum absolute atomic E-state index is 0.174. The first-order valence-corrected chi connectivity index (χ1v) is 17.0. The topological polar surface area (TPSA) is 145 Å². The van der Waals surface area contributed by atoms with Crippen LogP contribution in [0.15, 0.2) is 60.9 Å². The van der Waals surface area contributed by atoms with E-state index in [0.29, 0.717) is 25.0 Å². The number of rotatable bonds is 10. The van der Waals surface area contributed by atoms with Gasteiger partial charge in [-0.15, -0.1) is 0 Å². The summed E-state index contributed by atoms with van der Waals surface area (Å²) in [5.74, 6) is -0.847. The van der Waals surface area contributed by atoms with Crippen molar-refractivity contribution < 1.29 is 23.9 Å². The van der Waals surface area contributed by atoms with Crippen LogP contribution in [0.4, 0.5) is 0 Å². The van der Waals surface area contributed by atoms with Crippen molar-refractivity contribution in [2.24, 2.45) is 11.8 Å². The summed E-state index contributed by atoms with van der Waals surface area (Å²) in [6, 6.07) is 11.8. The molecule has 4 heterocycles. The Balaban J connectivity index is 1.50. The number of benzene rings is 2. The van der Waals surface area contributed by atoms with Crippen LogP contribution in [0, 0.1) is 11.8 Å². The fourth-order valence-corrected chi connectivity index (χ4v) is 6.55. The molecule has 6 unspecified atom stereocenters. The quantitative estimate of drug-likeness (QED) is 0.226. The molecule has 5 N–H and O–H groups in total. The third-order valence-corrected chi connectivity index (χ3v) is 9.44. The van der Waals surface area contributed by atoms with Gasteiger partial charge in [0.25, 0.3) is 0 Å². The van der Waals surface area contributed by atoms with Crippen molar-refractivity contribution in [1.29, 1.82) is 0 Å². The molecule has 6 rings (SSSR count). The summed E-state index contributed by atoms with van der Waals surface area (Å²) >= 11 is 0. The number of aromatic amines is 1. The van der Waals surface area contributed by atoms with Gasteiger partial charge >= 0.3 is 0 Å². The summed E-state index contributed by atoms with van der Waals surface area (Å²) in [7, 11) is 1.73. The van der Waals surface area contributed by atoms with Crippen molar-refractivity contribution in [3.8, 4) is 5.75 Å². The average Bonchev–Trinajstić information content (AvgIpc) is 3.69. The molecule has 2 bridgehead atoms. The summed E-state index contributed by atoms with van der Waals surface area (Å²) in [4.78, 5) is 60.7. The molecule has 11 nitrogen and oxygen atoms in total. The van der Waals surface area contributed by atoms with E-state index >= 15 is 0 Å². The molecule has 0 radical (unpaired) electrons. The number of hydrogen-bond acceptors (Lipinski definition) is 6. The number of nitrogens with zero attached hydrogens (tertiary/aromatic N) is 1. The third-order valence-electron chi connectivity index (χ3n) is 9.44. The number of H-pyrrole nitrogens is 1. The normalized spacial score (nSPS) is 22.2. The maximum atomic E-state index is 14.7. The number of para-hydroxylation sites is 1. The van der Waals surface area contributed by atoms with Gasteiger partial charge in [0.2, 0.25) is 23.6 Å². The molecule has 48 heavy (non-hydrogen) atoms. The van der Waals surface area contributed by atoms with Gasteiger partial charge in [0, 0.05) is 42.7 Å². The molecular weight excluding hydrogens is 608 g/mol. The Kier molecular flexibility index (Phi) is 11.2. The Morgan fingerprint density at radius 2 is 1.77 bits per heavy atom. The molecule has 1 saturated heterocycles. The lowest BCUT2D eigenvalue weighted by Crippen LogP contribution is -2.60. The molecule has 3 aliphatic heterocycles. The smallest absolute Gasteiger partial charge is 0.247 e. The van der Waals surface area contributed by atoms with E-state index in [9.17, 15) is 19.2 Å². The van der Waals surface area contributed by atoms with E-state index < -0.39 is 36.2 Å². The number of hydrogen-bond donors (Lipinski definition) is 5. The van der Waals surface area contributed by atoms with E-state index in [2.05, 4.69) is 26.3 Å². The summed E-state index contributed by atoms with van der Waals surface area (Å²) in [5.41, 5.74) is 2.67. The first kappa shape index (κ1) is 34.7. The zero-order chi connectivity index (χ0) is 34.4. The first-order chi connectivity index (χ1) is 23.1. The largest absolute Gasteiger partial charge is 0.488 e. The number of likely N-dealkylation sites (tertiary alicyclic amines) is 1. The lowest BCUT2D eigenvalue weighted by Gasteiger charge is -2.33. The Morgan fingerprint density at radius 3 is 2.48 bits per heavy atom. The number of carbonyl (C=O) groups is 4. The highest BCUT2D eigenvalue weighted by molar-refractivity contribution is 5.96. The fourth-order valence-electron chi connectivity index (χ4n) is 6.55. The van der Waals surface area contributed by atoms with Gasteiger partial charge in [-0.2, -0.15) is 0 Å². The fraction of sp³-hybridized carbons (Fsp3) is 0.459. The van der Waals surface area contributed by atoms with Gasteiger partial charge in [0.05, 0.1) is 6.04 Å². The molecule has 3 aromatic rings. The summed E-state index contributed by atoms with van der Waals surface area (Å²) in [5, 5.41) is 12.8. The van der Waals surface area contributed by atoms with Crippen LogP contribution in [0.3, 0.4) is 0 Å². The Bertz CT molecular complexity index is 1630. The predicted molar refractivity (Wildman–Crippen MR) is 186 cm³/mol. The van der Waals surface area contributed by atoms with Gasteiger partial charge in [0.15, 0.2) is 0 Å². The van der Waals surface area contributed by atoms with Crippen LogP contribution in [-0.2, 0) is 25.6 Å². The van der Waals surface area contributed by atoms with Gasteiger partial charge in [-0.05, 0) is 60.7 Å². The van der Waals surface area contributed by atoms with Crippen molar-refractivity contribution >= 4 is 40.6 Å². The number of amides is 4. The summed E-state index contributed by atoms with van der Waals surface area (Å²) in [6.45, 7) is 8.18. The average molecular weight is 657 g/mol. The van der Waals surface area contributed by atoms with Crippen molar-refractivity contribution in [1.82, 2.24) is 31.2 Å². The van der Waals surface area contributed by atoms with Crippen LogP contribution in [0.25, 0.3) is 17.0 Å². The van der Waals surface area contributed by atoms with Crippen LogP contribution >= 0.6 is 0 Å². The van der Waals surface area contributed by atoms with Crippen molar-refractivity contribution in [3.63, 3.8) is 0 Å². The number of carbonyl (C=O) groups excluding carboxylic acids is 4. The van der Waals surface area contributed by atoms with Crippen LogP contribution in [0.5, 0.6) is 5.75 Å². The van der Waals surface area contributed by atoms with E-state index in [4.69, 9.17) is 4.74 Å². The number of aromatic nitrogens is 1. The van der Waals surface area contributed by atoms with E-state index in [0.717, 1.165) is 22.0 Å². The molecule has 11 heteroatoms. The van der Waals surface area contributed by atoms with Gasteiger partial charge in [-0.3, -0.25) is 19.2 Å². The van der Waals surface area contributed by atoms with Crippen LogP contribution in [0.1, 0.15) is 58.1 Å².